The van der Waals surface area contributed by atoms with Gasteiger partial charge in [-0.15, -0.1) is 0 Å². The topological polar surface area (TPSA) is 86.9 Å². The van der Waals surface area contributed by atoms with E-state index in [2.05, 4.69) is 60.2 Å². The van der Waals surface area contributed by atoms with E-state index in [1.54, 1.807) is 0 Å². The van der Waals surface area contributed by atoms with Crippen molar-refractivity contribution in [3.63, 3.8) is 0 Å². The monoisotopic (exact) mass is 631 g/mol. The van der Waals surface area contributed by atoms with Crippen LogP contribution in [0.15, 0.2) is 48.8 Å². The summed E-state index contributed by atoms with van der Waals surface area (Å²) in [6.07, 6.45) is 13.4. The van der Waals surface area contributed by atoms with Gasteiger partial charge in [-0.1, -0.05) is 50.2 Å². The average Bonchev–Trinajstić information content (AvgIpc) is 3.87. The highest BCUT2D eigenvalue weighted by molar-refractivity contribution is 5.79. The van der Waals surface area contributed by atoms with Crippen LogP contribution in [0, 0.1) is 11.8 Å². The molecule has 7 nitrogen and oxygen atoms in total. The molecule has 3 fully saturated rings. The normalized spacial score (nSPS) is 27.0. The van der Waals surface area contributed by atoms with Crippen molar-refractivity contribution in [2.24, 2.45) is 11.8 Å². The number of hydrogen-bond donors (Lipinski definition) is 2. The maximum Gasteiger partial charge on any atom is 0.410 e. The molecule has 4 aromatic rings. The van der Waals surface area contributed by atoms with Crippen LogP contribution in [0.5, 0.6) is 0 Å². The van der Waals surface area contributed by atoms with Gasteiger partial charge >= 0.3 is 6.09 Å². The molecule has 2 aromatic carbocycles. The van der Waals surface area contributed by atoms with Crippen LogP contribution in [0.2, 0.25) is 0 Å². The second-order valence-corrected chi connectivity index (χ2v) is 16.1. The number of H-pyrrole nitrogens is 2. The molecule has 2 N–H and O–H groups in total. The van der Waals surface area contributed by atoms with Crippen molar-refractivity contribution in [2.45, 2.75) is 115 Å². The van der Waals surface area contributed by atoms with Gasteiger partial charge < -0.3 is 14.7 Å². The van der Waals surface area contributed by atoms with Gasteiger partial charge in [0.15, 0.2) is 0 Å². The Hall–Kier alpha value is -3.87. The van der Waals surface area contributed by atoms with Gasteiger partial charge in [0.05, 0.1) is 29.8 Å². The van der Waals surface area contributed by atoms with Crippen molar-refractivity contribution >= 4 is 6.09 Å². The number of rotatable bonds is 5. The van der Waals surface area contributed by atoms with Crippen molar-refractivity contribution in [1.29, 1.82) is 0 Å². The third-order valence-electron chi connectivity index (χ3n) is 11.4. The molecule has 4 aliphatic carbocycles. The van der Waals surface area contributed by atoms with Gasteiger partial charge in [0.1, 0.15) is 17.2 Å². The zero-order valence-electron chi connectivity index (χ0n) is 28.6. The summed E-state index contributed by atoms with van der Waals surface area (Å²) < 4.78 is 5.77. The predicted molar refractivity (Wildman–Crippen MR) is 186 cm³/mol. The van der Waals surface area contributed by atoms with Crippen LogP contribution >= 0.6 is 0 Å². The molecule has 4 atom stereocenters. The predicted octanol–water partition coefficient (Wildman–Crippen LogP) is 10.1. The molecule has 3 heterocycles. The lowest BCUT2D eigenvalue weighted by Gasteiger charge is -2.41. The number of fused-ring (bicyclic) bond motifs is 2. The van der Waals surface area contributed by atoms with Gasteiger partial charge in [0.25, 0.3) is 0 Å². The minimum Gasteiger partial charge on any atom is -0.444 e. The second-order valence-electron chi connectivity index (χ2n) is 16.1. The molecule has 2 saturated carbocycles. The van der Waals surface area contributed by atoms with E-state index in [0.717, 1.165) is 35.4 Å². The zero-order chi connectivity index (χ0) is 32.4. The third-order valence-corrected chi connectivity index (χ3v) is 11.4. The molecule has 2 bridgehead atoms. The van der Waals surface area contributed by atoms with E-state index in [1.807, 2.05) is 38.1 Å². The highest BCUT2D eigenvalue weighted by atomic mass is 16.6. The van der Waals surface area contributed by atoms with Crippen molar-refractivity contribution in [3.05, 3.63) is 71.6 Å². The number of benzene rings is 2. The Labute approximate surface area is 279 Å². The Kier molecular flexibility index (Phi) is 7.57. The van der Waals surface area contributed by atoms with Gasteiger partial charge in [-0.2, -0.15) is 0 Å². The number of nitrogens with one attached hydrogen (secondary N) is 2. The largest absolute Gasteiger partial charge is 0.444 e. The maximum atomic E-state index is 13.1. The molecule has 9 rings (SSSR count). The van der Waals surface area contributed by atoms with Crippen molar-refractivity contribution in [1.82, 2.24) is 24.8 Å². The smallest absolute Gasteiger partial charge is 0.410 e. The van der Waals surface area contributed by atoms with Crippen LogP contribution < -0.4 is 0 Å². The molecule has 1 aliphatic heterocycles. The maximum absolute atomic E-state index is 13.1. The van der Waals surface area contributed by atoms with Gasteiger partial charge in [-0.05, 0) is 124 Å². The summed E-state index contributed by atoms with van der Waals surface area (Å²) in [6, 6.07) is 13.7. The molecule has 246 valence electrons. The van der Waals surface area contributed by atoms with Gasteiger partial charge in [0, 0.05) is 18.0 Å². The summed E-state index contributed by atoms with van der Waals surface area (Å²) in [5, 5.41) is 0. The Balaban J connectivity index is 1.09. The van der Waals surface area contributed by atoms with E-state index >= 15 is 0 Å². The Morgan fingerprint density at radius 2 is 1.32 bits per heavy atom. The van der Waals surface area contributed by atoms with Gasteiger partial charge in [-0.3, -0.25) is 4.90 Å². The van der Waals surface area contributed by atoms with E-state index in [0.29, 0.717) is 30.2 Å². The van der Waals surface area contributed by atoms with Crippen LogP contribution in [0.4, 0.5) is 4.79 Å². The number of nitrogens with zero attached hydrogens (tertiary/aromatic N) is 3. The summed E-state index contributed by atoms with van der Waals surface area (Å²) in [6.45, 7) is 11.0. The minimum absolute atomic E-state index is 0.105. The Morgan fingerprint density at radius 3 is 2.00 bits per heavy atom. The molecule has 7 heteroatoms. The first-order valence-electron chi connectivity index (χ1n) is 18.0. The summed E-state index contributed by atoms with van der Waals surface area (Å²) in [5.41, 5.74) is 9.81. The SMILES string of the molecule is C[C@@H]1C[C@@H](c2ncc(-c3ccc(-c4ccc(-c5cnc([C@H]6CC[C@H](C)C6)[nH]5)cc4)c4c3C3CCC4CC3)[nH]2)N(C(=O)OC(C)(C)C)C1. The number of amides is 1. The first-order valence-corrected chi connectivity index (χ1v) is 18.0. The fourth-order valence-electron chi connectivity index (χ4n) is 9.12. The highest BCUT2D eigenvalue weighted by Gasteiger charge is 2.40. The zero-order valence-corrected chi connectivity index (χ0v) is 28.6. The fourth-order valence-corrected chi connectivity index (χ4v) is 9.12. The molecule has 47 heavy (non-hydrogen) atoms. The molecular formula is C40H49N5O2. The second kappa shape index (κ2) is 11.7. The lowest BCUT2D eigenvalue weighted by atomic mass is 9.64. The van der Waals surface area contributed by atoms with E-state index in [1.165, 1.54) is 78.3 Å². The number of likely N-dealkylation sites (tertiary alicyclic amines) is 1. The van der Waals surface area contributed by atoms with Crippen molar-refractivity contribution in [2.75, 3.05) is 6.54 Å². The summed E-state index contributed by atoms with van der Waals surface area (Å²) in [7, 11) is 0. The number of hydrogen-bond acceptors (Lipinski definition) is 4. The molecule has 0 spiro atoms. The molecule has 2 aromatic heterocycles. The van der Waals surface area contributed by atoms with E-state index < -0.39 is 5.60 Å². The van der Waals surface area contributed by atoms with Crippen LogP contribution in [0.3, 0.4) is 0 Å². The fraction of sp³-hybridized carbons (Fsp3) is 0.525. The summed E-state index contributed by atoms with van der Waals surface area (Å²) in [5.74, 6) is 4.92. The summed E-state index contributed by atoms with van der Waals surface area (Å²) >= 11 is 0. The number of carbonyl (C=O) groups excluding carboxylic acids is 1. The van der Waals surface area contributed by atoms with Crippen LogP contribution in [0.25, 0.3) is 33.6 Å². The van der Waals surface area contributed by atoms with Gasteiger partial charge in [0.2, 0.25) is 0 Å². The third kappa shape index (κ3) is 5.70. The molecule has 0 radical (unpaired) electrons. The van der Waals surface area contributed by atoms with Crippen LogP contribution in [-0.2, 0) is 4.74 Å². The standard InChI is InChI=1S/C40H49N5O2/c1-23-6-7-29(18-23)37-41-20-32(43-37)26-10-8-25(9-11-26)30-16-17-31(36-28-14-12-27(13-15-28)35(30)36)33-21-42-38(44-33)34-19-24(2)22-45(34)39(46)47-40(3,4)5/h8-11,16-17,20-21,23-24,27-29,34H,6-7,12-15,18-19,22H2,1-5H3,(H,41,43)(H,42,44)/t23-,24+,27?,28?,29-,34-/m0/s1. The highest BCUT2D eigenvalue weighted by Crippen LogP contribution is 2.55. The first kappa shape index (κ1) is 30.5. The number of aromatic nitrogens is 4. The van der Waals surface area contributed by atoms with E-state index in [9.17, 15) is 4.79 Å². The van der Waals surface area contributed by atoms with E-state index in [-0.39, 0.29) is 12.1 Å². The first-order chi connectivity index (χ1) is 22.6. The Morgan fingerprint density at radius 1 is 0.723 bits per heavy atom. The van der Waals surface area contributed by atoms with Crippen molar-refractivity contribution < 1.29 is 9.53 Å². The number of carbonyl (C=O) groups is 1. The molecule has 5 aliphatic rings. The van der Waals surface area contributed by atoms with Crippen LogP contribution in [-0.4, -0.2) is 43.1 Å². The van der Waals surface area contributed by atoms with E-state index in [4.69, 9.17) is 14.7 Å². The molecule has 1 amide bonds. The van der Waals surface area contributed by atoms with Crippen LogP contribution in [0.1, 0.15) is 133 Å². The molecule has 1 saturated heterocycles. The average molecular weight is 632 g/mol. The van der Waals surface area contributed by atoms with Gasteiger partial charge in [-0.25, -0.2) is 14.8 Å². The van der Waals surface area contributed by atoms with Crippen molar-refractivity contribution in [3.8, 4) is 33.6 Å². The minimum atomic E-state index is -0.529. The number of aromatic amines is 2. The quantitative estimate of drug-likeness (QED) is 0.229. The molecular weight excluding hydrogens is 582 g/mol. The lowest BCUT2D eigenvalue weighted by Crippen LogP contribution is -2.37. The number of ether oxygens (including phenoxy) is 1. The molecule has 0 unspecified atom stereocenters. The lowest BCUT2D eigenvalue weighted by molar-refractivity contribution is 0.0214. The Bertz CT molecular complexity index is 1770. The summed E-state index contributed by atoms with van der Waals surface area (Å²) in [4.78, 5) is 32.0. The number of imidazole rings is 2.